The molecule has 0 aromatic heterocycles. The Morgan fingerprint density at radius 1 is 1.36 bits per heavy atom. The first-order chi connectivity index (χ1) is 5.33. The van der Waals surface area contributed by atoms with Crippen LogP contribution in [0.5, 0.6) is 0 Å². The van der Waals surface area contributed by atoms with Crippen molar-refractivity contribution >= 4 is 11.6 Å². The van der Waals surface area contributed by atoms with Crippen molar-refractivity contribution in [3.05, 3.63) is 43.0 Å². The molecule has 0 aliphatic heterocycles. The van der Waals surface area contributed by atoms with Gasteiger partial charge in [-0.25, -0.2) is 0 Å². The first kappa shape index (κ1) is 7.54. The van der Waals surface area contributed by atoms with Gasteiger partial charge in [-0.05, 0) is 12.1 Å². The summed E-state index contributed by atoms with van der Waals surface area (Å²) in [5.74, 6) is -0.309. The number of carbonyl (C=O) groups is 1. The summed E-state index contributed by atoms with van der Waals surface area (Å²) in [6.07, 6.45) is 2.21. The molecule has 0 heterocycles. The molecule has 11 heavy (non-hydrogen) atoms. The van der Waals surface area contributed by atoms with Gasteiger partial charge in [0.15, 0.2) is 0 Å². The van der Waals surface area contributed by atoms with Crippen molar-refractivity contribution in [3.8, 4) is 0 Å². The highest BCUT2D eigenvalue weighted by Gasteiger charge is 1.93. The van der Waals surface area contributed by atoms with Crippen LogP contribution in [0.25, 0.3) is 0 Å². The van der Waals surface area contributed by atoms with Crippen LogP contribution >= 0.6 is 0 Å². The predicted octanol–water partition coefficient (Wildman–Crippen LogP) is 1.61. The summed E-state index contributed by atoms with van der Waals surface area (Å²) in [5, 5.41) is 2.58. The van der Waals surface area contributed by atoms with Gasteiger partial charge in [0.25, 0.3) is 5.91 Å². The molecule has 1 N–H and O–H groups in total. The second-order valence-electron chi connectivity index (χ2n) is 2.00. The van der Waals surface area contributed by atoms with Crippen LogP contribution < -0.4 is 5.32 Å². The second-order valence-corrected chi connectivity index (χ2v) is 2.00. The SMILES string of the molecule is C=[C]C(=O)Nc1ccccc1. The van der Waals surface area contributed by atoms with Crippen LogP contribution in [-0.2, 0) is 4.79 Å². The summed E-state index contributed by atoms with van der Waals surface area (Å²) >= 11 is 0. The number of hydrogen-bond acceptors (Lipinski definition) is 1. The minimum Gasteiger partial charge on any atom is -0.322 e. The summed E-state index contributed by atoms with van der Waals surface area (Å²) < 4.78 is 0. The van der Waals surface area contributed by atoms with Crippen molar-refractivity contribution in [2.75, 3.05) is 5.32 Å². The molecule has 1 aromatic rings. The normalized spacial score (nSPS) is 8.73. The topological polar surface area (TPSA) is 29.1 Å². The van der Waals surface area contributed by atoms with E-state index in [-0.39, 0.29) is 5.91 Å². The Labute approximate surface area is 65.5 Å². The van der Waals surface area contributed by atoms with Crippen molar-refractivity contribution in [2.45, 2.75) is 0 Å². The molecule has 1 radical (unpaired) electrons. The van der Waals surface area contributed by atoms with Gasteiger partial charge in [-0.2, -0.15) is 0 Å². The lowest BCUT2D eigenvalue weighted by molar-refractivity contribution is -0.112. The lowest BCUT2D eigenvalue weighted by atomic mass is 10.3. The number of para-hydroxylation sites is 1. The molecule has 0 saturated heterocycles. The van der Waals surface area contributed by atoms with Crippen molar-refractivity contribution in [3.63, 3.8) is 0 Å². The van der Waals surface area contributed by atoms with Crippen LogP contribution in [0.15, 0.2) is 36.9 Å². The number of carbonyl (C=O) groups excluding carboxylic acids is 1. The summed E-state index contributed by atoms with van der Waals surface area (Å²) in [6.45, 7) is 3.22. The molecule has 2 heteroatoms. The van der Waals surface area contributed by atoms with E-state index in [1.54, 1.807) is 12.1 Å². The third-order valence-electron chi connectivity index (χ3n) is 1.19. The van der Waals surface area contributed by atoms with Gasteiger partial charge in [0.1, 0.15) is 0 Å². The fourth-order valence-electron chi connectivity index (χ4n) is 0.697. The third-order valence-corrected chi connectivity index (χ3v) is 1.19. The lowest BCUT2D eigenvalue weighted by Crippen LogP contribution is -2.07. The predicted molar refractivity (Wildman–Crippen MR) is 43.9 cm³/mol. The molecular formula is C9H8NO. The maximum absolute atomic E-state index is 10.7. The number of anilines is 1. The third kappa shape index (κ3) is 2.26. The molecule has 1 aromatic carbocycles. The molecule has 0 aliphatic rings. The van der Waals surface area contributed by atoms with E-state index in [9.17, 15) is 4.79 Å². The molecule has 0 fully saturated rings. The maximum Gasteiger partial charge on any atom is 0.255 e. The molecule has 0 bridgehead atoms. The van der Waals surface area contributed by atoms with E-state index in [4.69, 9.17) is 0 Å². The molecule has 55 valence electrons. The Hall–Kier alpha value is -1.57. The van der Waals surface area contributed by atoms with Gasteiger partial charge >= 0.3 is 0 Å². The Morgan fingerprint density at radius 2 is 2.00 bits per heavy atom. The van der Waals surface area contributed by atoms with Crippen LogP contribution in [0.4, 0.5) is 5.69 Å². The van der Waals surface area contributed by atoms with Gasteiger partial charge in [-0.1, -0.05) is 24.8 Å². The fraction of sp³-hybridized carbons (Fsp3) is 0. The number of rotatable bonds is 2. The van der Waals surface area contributed by atoms with E-state index < -0.39 is 0 Å². The van der Waals surface area contributed by atoms with E-state index in [2.05, 4.69) is 18.0 Å². The van der Waals surface area contributed by atoms with E-state index in [0.717, 1.165) is 5.69 Å². The monoisotopic (exact) mass is 146 g/mol. The molecule has 0 aliphatic carbocycles. The van der Waals surface area contributed by atoms with Crippen molar-refractivity contribution < 1.29 is 4.79 Å². The van der Waals surface area contributed by atoms with Crippen molar-refractivity contribution in [1.29, 1.82) is 0 Å². The number of benzene rings is 1. The lowest BCUT2D eigenvalue weighted by Gasteiger charge is -1.98. The average Bonchev–Trinajstić information content (AvgIpc) is 2.06. The number of nitrogens with one attached hydrogen (secondary N) is 1. The number of hydrogen-bond donors (Lipinski definition) is 1. The summed E-state index contributed by atoms with van der Waals surface area (Å²) in [4.78, 5) is 10.7. The van der Waals surface area contributed by atoms with E-state index in [1.165, 1.54) is 0 Å². The Bertz CT molecular complexity index is 254. The fourth-order valence-corrected chi connectivity index (χ4v) is 0.697. The zero-order valence-corrected chi connectivity index (χ0v) is 6.00. The summed E-state index contributed by atoms with van der Waals surface area (Å²) in [6, 6.07) is 9.18. The first-order valence-corrected chi connectivity index (χ1v) is 3.22. The van der Waals surface area contributed by atoms with E-state index in [1.807, 2.05) is 18.2 Å². The molecule has 0 unspecified atom stereocenters. The molecule has 1 rings (SSSR count). The summed E-state index contributed by atoms with van der Waals surface area (Å²) in [7, 11) is 0. The molecular weight excluding hydrogens is 138 g/mol. The van der Waals surface area contributed by atoms with Crippen LogP contribution in [0, 0.1) is 6.08 Å². The van der Waals surface area contributed by atoms with Gasteiger partial charge in [0.05, 0.1) is 0 Å². The Balaban J connectivity index is 2.65. The Kier molecular flexibility index (Phi) is 2.44. The average molecular weight is 146 g/mol. The van der Waals surface area contributed by atoms with Crippen molar-refractivity contribution in [1.82, 2.24) is 0 Å². The largest absolute Gasteiger partial charge is 0.322 e. The zero-order chi connectivity index (χ0) is 8.10. The first-order valence-electron chi connectivity index (χ1n) is 3.22. The molecule has 0 saturated carbocycles. The van der Waals surface area contributed by atoms with Crippen LogP contribution in [0.2, 0.25) is 0 Å². The molecule has 0 atom stereocenters. The van der Waals surface area contributed by atoms with E-state index >= 15 is 0 Å². The quantitative estimate of drug-likeness (QED) is 0.631. The van der Waals surface area contributed by atoms with Gasteiger partial charge in [-0.3, -0.25) is 4.79 Å². The van der Waals surface area contributed by atoms with Crippen molar-refractivity contribution in [2.24, 2.45) is 0 Å². The van der Waals surface area contributed by atoms with E-state index in [0.29, 0.717) is 0 Å². The van der Waals surface area contributed by atoms with Gasteiger partial charge in [-0.15, -0.1) is 0 Å². The second kappa shape index (κ2) is 3.56. The van der Waals surface area contributed by atoms with Gasteiger partial charge < -0.3 is 5.32 Å². The minimum atomic E-state index is -0.309. The highest BCUT2D eigenvalue weighted by Crippen LogP contribution is 2.03. The van der Waals surface area contributed by atoms with Crippen LogP contribution in [0.1, 0.15) is 0 Å². The molecule has 2 nitrogen and oxygen atoms in total. The molecule has 1 amide bonds. The standard InChI is InChI=1S/C9H8NO/c1-2-9(11)10-8-6-4-3-5-7-8/h3-7H,1H2,(H,10,11). The smallest absolute Gasteiger partial charge is 0.255 e. The van der Waals surface area contributed by atoms with Crippen LogP contribution in [0.3, 0.4) is 0 Å². The van der Waals surface area contributed by atoms with Gasteiger partial charge in [0.2, 0.25) is 0 Å². The van der Waals surface area contributed by atoms with Gasteiger partial charge in [0, 0.05) is 11.8 Å². The highest BCUT2D eigenvalue weighted by molar-refractivity contribution is 5.95. The Morgan fingerprint density at radius 3 is 2.55 bits per heavy atom. The highest BCUT2D eigenvalue weighted by atomic mass is 16.1. The zero-order valence-electron chi connectivity index (χ0n) is 6.00. The molecule has 0 spiro atoms. The van der Waals surface area contributed by atoms with Crippen LogP contribution in [-0.4, -0.2) is 5.91 Å². The minimum absolute atomic E-state index is 0.309. The summed E-state index contributed by atoms with van der Waals surface area (Å²) in [5.41, 5.74) is 0.758. The number of amides is 1. The maximum atomic E-state index is 10.7.